The standard InChI is InChI=1S/C27H42N6O6S3/c28-19-10-4-1-7-13-22-31-40(34,35)25-17-16-18-26(41(36,37)32-23-14-8-2-5-11-20-29)27(25)42(38,39)33-24-15-9-3-6-12-21-30/h16-18,31-33H,1-15,22-24H2. The molecule has 0 saturated heterocycles. The molecule has 0 fully saturated rings. The van der Waals surface area contributed by atoms with Crippen molar-refractivity contribution in [2.45, 2.75) is 111 Å². The van der Waals surface area contributed by atoms with E-state index in [0.717, 1.165) is 31.4 Å². The van der Waals surface area contributed by atoms with Gasteiger partial charge in [-0.2, -0.15) is 15.8 Å². The van der Waals surface area contributed by atoms with Gasteiger partial charge in [0, 0.05) is 38.9 Å². The summed E-state index contributed by atoms with van der Waals surface area (Å²) in [5.41, 5.74) is 0. The molecule has 0 aliphatic carbocycles. The van der Waals surface area contributed by atoms with Crippen molar-refractivity contribution < 1.29 is 25.3 Å². The maximum atomic E-state index is 13.5. The molecule has 42 heavy (non-hydrogen) atoms. The van der Waals surface area contributed by atoms with Crippen molar-refractivity contribution in [1.29, 1.82) is 15.8 Å². The van der Waals surface area contributed by atoms with Gasteiger partial charge in [0.2, 0.25) is 30.1 Å². The van der Waals surface area contributed by atoms with E-state index in [2.05, 4.69) is 14.2 Å². The molecular weight excluding hydrogens is 601 g/mol. The fourth-order valence-corrected chi connectivity index (χ4v) is 9.04. The van der Waals surface area contributed by atoms with E-state index in [0.29, 0.717) is 77.0 Å². The van der Waals surface area contributed by atoms with Crippen LogP contribution in [0.4, 0.5) is 0 Å². The molecule has 0 saturated carbocycles. The molecule has 0 heterocycles. The monoisotopic (exact) mass is 642 g/mol. The Balaban J connectivity index is 3.18. The minimum absolute atomic E-state index is 0.0194. The molecule has 0 radical (unpaired) electrons. The van der Waals surface area contributed by atoms with E-state index in [9.17, 15) is 25.3 Å². The Morgan fingerprint density at radius 2 is 0.786 bits per heavy atom. The number of nitrogens with one attached hydrogen (secondary N) is 3. The number of hydrogen-bond acceptors (Lipinski definition) is 9. The molecule has 0 atom stereocenters. The van der Waals surface area contributed by atoms with Crippen molar-refractivity contribution in [3.05, 3.63) is 18.2 Å². The maximum absolute atomic E-state index is 13.5. The Hall–Kier alpha value is -2.58. The predicted octanol–water partition coefficient (Wildman–Crippen LogP) is 3.94. The Labute approximate surface area is 251 Å². The second kappa shape index (κ2) is 20.3. The van der Waals surface area contributed by atoms with Crippen LogP contribution in [0.5, 0.6) is 0 Å². The Morgan fingerprint density at radius 3 is 1.12 bits per heavy atom. The Bertz CT molecular complexity index is 1330. The highest BCUT2D eigenvalue weighted by atomic mass is 32.2. The van der Waals surface area contributed by atoms with Crippen LogP contribution >= 0.6 is 0 Å². The fourth-order valence-electron chi connectivity index (χ4n) is 4.08. The minimum atomic E-state index is -4.58. The number of sulfonamides is 3. The zero-order valence-electron chi connectivity index (χ0n) is 24.0. The number of hydrogen-bond donors (Lipinski definition) is 3. The lowest BCUT2D eigenvalue weighted by atomic mass is 10.1. The second-order valence-electron chi connectivity index (χ2n) is 9.74. The van der Waals surface area contributed by atoms with Crippen LogP contribution in [-0.2, 0) is 30.1 Å². The van der Waals surface area contributed by atoms with Gasteiger partial charge in [-0.1, -0.05) is 44.6 Å². The summed E-state index contributed by atoms with van der Waals surface area (Å²) in [7, 11) is -13.4. The van der Waals surface area contributed by atoms with Gasteiger partial charge in [-0.3, -0.25) is 0 Å². The van der Waals surface area contributed by atoms with Gasteiger partial charge in [0.25, 0.3) is 0 Å². The summed E-state index contributed by atoms with van der Waals surface area (Å²) < 4.78 is 87.1. The van der Waals surface area contributed by atoms with Gasteiger partial charge < -0.3 is 0 Å². The summed E-state index contributed by atoms with van der Waals surface area (Å²) in [4.78, 5) is -2.15. The van der Waals surface area contributed by atoms with Crippen LogP contribution in [0.2, 0.25) is 0 Å². The summed E-state index contributed by atoms with van der Waals surface area (Å²) >= 11 is 0. The quantitative estimate of drug-likeness (QED) is 0.139. The number of nitriles is 3. The minimum Gasteiger partial charge on any atom is -0.211 e. The maximum Gasteiger partial charge on any atom is 0.243 e. The molecule has 1 aromatic rings. The highest BCUT2D eigenvalue weighted by Gasteiger charge is 2.33. The van der Waals surface area contributed by atoms with Crippen LogP contribution in [0.15, 0.2) is 32.9 Å². The van der Waals surface area contributed by atoms with Gasteiger partial charge in [-0.25, -0.2) is 39.4 Å². The lowest BCUT2D eigenvalue weighted by Gasteiger charge is -2.17. The number of rotatable bonds is 24. The van der Waals surface area contributed by atoms with E-state index >= 15 is 0 Å². The van der Waals surface area contributed by atoms with Gasteiger partial charge in [-0.15, -0.1) is 0 Å². The molecule has 234 valence electrons. The molecule has 0 aliphatic heterocycles. The summed E-state index contributed by atoms with van der Waals surface area (Å²) in [6.07, 6.45) is 8.84. The van der Waals surface area contributed by atoms with E-state index in [4.69, 9.17) is 15.8 Å². The molecule has 0 aromatic heterocycles. The van der Waals surface area contributed by atoms with Crippen molar-refractivity contribution in [3.8, 4) is 18.2 Å². The highest BCUT2D eigenvalue weighted by molar-refractivity contribution is 7.94. The average molecular weight is 643 g/mol. The summed E-state index contributed by atoms with van der Waals surface area (Å²) in [6, 6.07) is 9.47. The highest BCUT2D eigenvalue weighted by Crippen LogP contribution is 2.28. The average Bonchev–Trinajstić information content (AvgIpc) is 2.95. The van der Waals surface area contributed by atoms with Crippen molar-refractivity contribution in [2.75, 3.05) is 19.6 Å². The summed E-state index contributed by atoms with van der Waals surface area (Å²) in [6.45, 7) is 0.00602. The molecule has 0 bridgehead atoms. The normalized spacial score (nSPS) is 11.9. The lowest BCUT2D eigenvalue weighted by Crippen LogP contribution is -2.33. The number of benzene rings is 1. The molecule has 3 N–H and O–H groups in total. The molecule has 15 heteroatoms. The lowest BCUT2D eigenvalue weighted by molar-refractivity contribution is 0.550. The van der Waals surface area contributed by atoms with Gasteiger partial charge in [0.1, 0.15) is 14.7 Å². The molecule has 0 spiro atoms. The van der Waals surface area contributed by atoms with Crippen LogP contribution in [0.25, 0.3) is 0 Å². The molecule has 1 rings (SSSR count). The van der Waals surface area contributed by atoms with E-state index in [1.807, 2.05) is 18.2 Å². The van der Waals surface area contributed by atoms with Crippen molar-refractivity contribution in [3.63, 3.8) is 0 Å². The summed E-state index contributed by atoms with van der Waals surface area (Å²) in [5.74, 6) is 0. The van der Waals surface area contributed by atoms with Gasteiger partial charge in [-0.05, 0) is 50.7 Å². The smallest absolute Gasteiger partial charge is 0.211 e. The van der Waals surface area contributed by atoms with E-state index < -0.39 is 44.8 Å². The van der Waals surface area contributed by atoms with Gasteiger partial charge in [0.15, 0.2) is 0 Å². The molecule has 0 aliphatic rings. The van der Waals surface area contributed by atoms with Crippen molar-refractivity contribution in [1.82, 2.24) is 14.2 Å². The molecule has 1 aromatic carbocycles. The van der Waals surface area contributed by atoms with E-state index in [1.54, 1.807) is 0 Å². The van der Waals surface area contributed by atoms with Crippen molar-refractivity contribution in [2.24, 2.45) is 0 Å². The number of unbranched alkanes of at least 4 members (excludes halogenated alkanes) is 12. The third-order valence-corrected chi connectivity index (χ3v) is 11.1. The van der Waals surface area contributed by atoms with E-state index in [-0.39, 0.29) is 19.6 Å². The summed E-state index contributed by atoms with van der Waals surface area (Å²) in [5, 5.41) is 25.9. The first-order chi connectivity index (χ1) is 20.0. The molecular formula is C27H42N6O6S3. The molecule has 12 nitrogen and oxygen atoms in total. The fraction of sp³-hybridized carbons (Fsp3) is 0.667. The van der Waals surface area contributed by atoms with Crippen LogP contribution < -0.4 is 14.2 Å². The van der Waals surface area contributed by atoms with Crippen molar-refractivity contribution >= 4 is 30.1 Å². The van der Waals surface area contributed by atoms with Crippen LogP contribution in [0.3, 0.4) is 0 Å². The van der Waals surface area contributed by atoms with Gasteiger partial charge >= 0.3 is 0 Å². The zero-order valence-corrected chi connectivity index (χ0v) is 26.4. The van der Waals surface area contributed by atoms with Crippen LogP contribution in [0.1, 0.15) is 96.3 Å². The predicted molar refractivity (Wildman–Crippen MR) is 158 cm³/mol. The molecule has 0 amide bonds. The second-order valence-corrected chi connectivity index (χ2v) is 14.9. The zero-order chi connectivity index (χ0) is 31.3. The van der Waals surface area contributed by atoms with E-state index in [1.165, 1.54) is 6.07 Å². The first-order valence-electron chi connectivity index (χ1n) is 14.3. The topological polar surface area (TPSA) is 210 Å². The first-order valence-corrected chi connectivity index (χ1v) is 18.7. The van der Waals surface area contributed by atoms with Crippen LogP contribution in [0, 0.1) is 34.0 Å². The largest absolute Gasteiger partial charge is 0.243 e. The Kier molecular flexibility index (Phi) is 18.1. The third kappa shape index (κ3) is 14.1. The van der Waals surface area contributed by atoms with Gasteiger partial charge in [0.05, 0.1) is 18.2 Å². The SMILES string of the molecule is N#CCCCCCCNS(=O)(=O)c1cccc(S(=O)(=O)NCCCCCCC#N)c1S(=O)(=O)NCCCCCCC#N. The molecule has 0 unspecified atom stereocenters. The first kappa shape index (κ1) is 37.4. The Morgan fingerprint density at radius 1 is 0.476 bits per heavy atom. The number of nitrogens with zero attached hydrogens (tertiary/aromatic N) is 3. The van der Waals surface area contributed by atoms with Crippen LogP contribution in [-0.4, -0.2) is 44.9 Å². The third-order valence-electron chi connectivity index (χ3n) is 6.31.